The van der Waals surface area contributed by atoms with Gasteiger partial charge in [-0.15, -0.1) is 0 Å². The number of hydrogen-bond donors (Lipinski definition) is 2. The number of esters is 1. The summed E-state index contributed by atoms with van der Waals surface area (Å²) in [5.41, 5.74) is -0.0880. The molecule has 0 aromatic carbocycles. The second-order valence-electron chi connectivity index (χ2n) is 11.5. The molecule has 4 heteroatoms. The van der Waals surface area contributed by atoms with E-state index in [1.807, 2.05) is 0 Å². The van der Waals surface area contributed by atoms with Gasteiger partial charge in [-0.25, -0.2) is 0 Å². The Hall–Kier alpha value is -0.610. The van der Waals surface area contributed by atoms with Gasteiger partial charge in [0, 0.05) is 11.8 Å². The maximum atomic E-state index is 12.3. The molecule has 1 spiro atoms. The van der Waals surface area contributed by atoms with Crippen molar-refractivity contribution in [3.63, 3.8) is 0 Å². The van der Waals surface area contributed by atoms with Crippen molar-refractivity contribution in [1.29, 1.82) is 0 Å². The number of rotatable bonds is 0. The molecule has 0 aromatic heterocycles. The van der Waals surface area contributed by atoms with E-state index in [9.17, 15) is 15.0 Å². The first kappa shape index (κ1) is 19.4. The number of carbonyl (C=O) groups excluding carboxylic acids is 1. The summed E-state index contributed by atoms with van der Waals surface area (Å²) in [5.74, 6) is 2.14. The molecule has 0 amide bonds. The van der Waals surface area contributed by atoms with Crippen molar-refractivity contribution >= 4 is 5.97 Å². The lowest BCUT2D eigenvalue weighted by Gasteiger charge is -2.63. The summed E-state index contributed by atoms with van der Waals surface area (Å²) >= 11 is 0. The Morgan fingerprint density at radius 1 is 0.964 bits per heavy atom. The number of carbonyl (C=O) groups is 1. The average Bonchev–Trinajstić information content (AvgIpc) is 2.93. The van der Waals surface area contributed by atoms with Crippen LogP contribution in [0.5, 0.6) is 0 Å². The fraction of sp³-hybridized carbons (Fsp3) is 0.958. The van der Waals surface area contributed by atoms with Crippen molar-refractivity contribution in [2.24, 2.45) is 40.4 Å². The first-order valence-electron chi connectivity index (χ1n) is 11.8. The highest BCUT2D eigenvalue weighted by Crippen LogP contribution is 2.70. The summed E-state index contributed by atoms with van der Waals surface area (Å²) in [4.78, 5) is 12.3. The van der Waals surface area contributed by atoms with Crippen molar-refractivity contribution < 1.29 is 19.7 Å². The van der Waals surface area contributed by atoms with Crippen molar-refractivity contribution in [3.8, 4) is 0 Å². The van der Waals surface area contributed by atoms with E-state index in [1.165, 1.54) is 0 Å². The van der Waals surface area contributed by atoms with Crippen molar-refractivity contribution in [1.82, 2.24) is 0 Å². The van der Waals surface area contributed by atoms with Crippen molar-refractivity contribution in [2.75, 3.05) is 0 Å². The molecule has 4 saturated carbocycles. The lowest BCUT2D eigenvalue weighted by atomic mass is 9.43. The lowest BCUT2D eigenvalue weighted by molar-refractivity contribution is -0.224. The second kappa shape index (κ2) is 6.20. The van der Waals surface area contributed by atoms with E-state index >= 15 is 0 Å². The van der Waals surface area contributed by atoms with E-state index in [0.717, 1.165) is 57.8 Å². The molecular weight excluding hydrogens is 352 g/mol. The van der Waals surface area contributed by atoms with Gasteiger partial charge in [-0.2, -0.15) is 0 Å². The van der Waals surface area contributed by atoms with Crippen LogP contribution in [0.15, 0.2) is 0 Å². The van der Waals surface area contributed by atoms with Crippen LogP contribution in [-0.4, -0.2) is 34.0 Å². The van der Waals surface area contributed by atoms with Gasteiger partial charge in [0.25, 0.3) is 0 Å². The van der Waals surface area contributed by atoms with Crippen LogP contribution < -0.4 is 0 Å². The monoisotopic (exact) mass is 390 g/mol. The van der Waals surface area contributed by atoms with Crippen LogP contribution in [0.1, 0.15) is 85.0 Å². The maximum Gasteiger partial charge on any atom is 0.306 e. The summed E-state index contributed by atoms with van der Waals surface area (Å²) in [6.45, 7) is 7.11. The highest BCUT2D eigenvalue weighted by atomic mass is 16.6. The van der Waals surface area contributed by atoms with Gasteiger partial charge < -0.3 is 14.9 Å². The smallest absolute Gasteiger partial charge is 0.306 e. The van der Waals surface area contributed by atoms with Gasteiger partial charge in [0.15, 0.2) is 0 Å². The third kappa shape index (κ3) is 2.34. The van der Waals surface area contributed by atoms with Crippen LogP contribution in [0.2, 0.25) is 0 Å². The van der Waals surface area contributed by atoms with E-state index in [1.54, 1.807) is 0 Å². The quantitative estimate of drug-likeness (QED) is 0.612. The van der Waals surface area contributed by atoms with Crippen LogP contribution in [0.3, 0.4) is 0 Å². The Kier molecular flexibility index (Phi) is 4.29. The molecule has 5 rings (SSSR count). The Morgan fingerprint density at radius 3 is 2.50 bits per heavy atom. The van der Waals surface area contributed by atoms with Crippen LogP contribution in [0.25, 0.3) is 0 Å². The Bertz CT molecular complexity index is 663. The standard InChI is InChI=1S/C24H38O4/c1-14-4-5-20(27)28-24(14)11-8-18-21-17(7-10-23(18,24)3)22(2)9-6-16(25)12-15(22)13-19(21)26/h14-19,21,25-26H,4-13H2,1-3H3/t14-,15+,16-,17+,18+,19-,21-,22+,23+,24+/m1/s1. The van der Waals surface area contributed by atoms with E-state index in [4.69, 9.17) is 4.74 Å². The number of aliphatic hydroxyl groups excluding tert-OH is 2. The minimum absolute atomic E-state index is 0.0119. The molecule has 0 bridgehead atoms. The molecule has 4 nitrogen and oxygen atoms in total. The summed E-state index contributed by atoms with van der Waals surface area (Å²) in [5, 5.41) is 21.5. The molecule has 158 valence electrons. The molecule has 1 saturated heterocycles. The van der Waals surface area contributed by atoms with Gasteiger partial charge in [-0.1, -0.05) is 20.8 Å². The molecule has 0 radical (unpaired) electrons. The van der Waals surface area contributed by atoms with Gasteiger partial charge in [0.2, 0.25) is 0 Å². The highest BCUT2D eigenvalue weighted by Gasteiger charge is 2.69. The molecular formula is C24H38O4. The SMILES string of the molecule is C[C@@H]1CCC(=O)O[C@@]12CC[C@H]1[C@@H]3[C@H](O)C[C@@H]4C[C@H](O)CC[C@]4(C)[C@H]3CC[C@@]12C. The van der Waals surface area contributed by atoms with Gasteiger partial charge in [0.1, 0.15) is 5.60 Å². The van der Waals surface area contributed by atoms with Crippen LogP contribution in [-0.2, 0) is 9.53 Å². The minimum Gasteiger partial charge on any atom is -0.458 e. The predicted molar refractivity (Wildman–Crippen MR) is 106 cm³/mol. The second-order valence-corrected chi connectivity index (χ2v) is 11.5. The molecule has 5 aliphatic rings. The first-order valence-corrected chi connectivity index (χ1v) is 11.8. The predicted octanol–water partition coefficient (Wildman–Crippen LogP) is 4.07. The normalized spacial score (nSPS) is 58.6. The Morgan fingerprint density at radius 2 is 1.71 bits per heavy atom. The van der Waals surface area contributed by atoms with Gasteiger partial charge in [-0.05, 0) is 92.8 Å². The van der Waals surface area contributed by atoms with E-state index in [-0.39, 0.29) is 34.6 Å². The zero-order chi connectivity index (χ0) is 19.9. The van der Waals surface area contributed by atoms with Crippen LogP contribution in [0.4, 0.5) is 0 Å². The number of aliphatic hydroxyl groups is 2. The van der Waals surface area contributed by atoms with Crippen molar-refractivity contribution in [3.05, 3.63) is 0 Å². The maximum absolute atomic E-state index is 12.3. The third-order valence-corrected chi connectivity index (χ3v) is 10.7. The highest BCUT2D eigenvalue weighted by molar-refractivity contribution is 5.71. The lowest BCUT2D eigenvalue weighted by Crippen LogP contribution is -2.62. The van der Waals surface area contributed by atoms with Gasteiger partial charge >= 0.3 is 5.97 Å². The summed E-state index contributed by atoms with van der Waals surface area (Å²) < 4.78 is 6.23. The summed E-state index contributed by atoms with van der Waals surface area (Å²) in [6, 6.07) is 0. The number of ether oxygens (including phenoxy) is 1. The fourth-order valence-electron chi connectivity index (χ4n) is 9.13. The number of fused-ring (bicyclic) bond motifs is 6. The molecule has 4 aliphatic carbocycles. The summed E-state index contributed by atoms with van der Waals surface area (Å²) in [7, 11) is 0. The van der Waals surface area contributed by atoms with Gasteiger partial charge in [0.05, 0.1) is 12.2 Å². The fourth-order valence-corrected chi connectivity index (χ4v) is 9.13. The van der Waals surface area contributed by atoms with Crippen molar-refractivity contribution in [2.45, 2.75) is 103 Å². The third-order valence-electron chi connectivity index (χ3n) is 10.7. The zero-order valence-corrected chi connectivity index (χ0v) is 17.8. The molecule has 1 heterocycles. The molecule has 2 N–H and O–H groups in total. The summed E-state index contributed by atoms with van der Waals surface area (Å²) in [6.07, 6.45) is 9.01. The average molecular weight is 391 g/mol. The zero-order valence-electron chi connectivity index (χ0n) is 17.8. The number of hydrogen-bond acceptors (Lipinski definition) is 4. The van der Waals surface area contributed by atoms with E-state index in [0.29, 0.717) is 36.0 Å². The topological polar surface area (TPSA) is 66.8 Å². The Labute approximate surface area is 169 Å². The largest absolute Gasteiger partial charge is 0.458 e. The van der Waals surface area contributed by atoms with E-state index < -0.39 is 0 Å². The van der Waals surface area contributed by atoms with E-state index in [2.05, 4.69) is 20.8 Å². The molecule has 10 atom stereocenters. The Balaban J connectivity index is 1.50. The van der Waals surface area contributed by atoms with Crippen LogP contribution in [0, 0.1) is 40.4 Å². The first-order chi connectivity index (χ1) is 13.2. The molecule has 0 aromatic rings. The molecule has 1 aliphatic heterocycles. The van der Waals surface area contributed by atoms with Gasteiger partial charge in [-0.3, -0.25) is 4.79 Å². The molecule has 5 fully saturated rings. The van der Waals surface area contributed by atoms with Crippen LogP contribution >= 0.6 is 0 Å². The minimum atomic E-state index is -0.321. The molecule has 28 heavy (non-hydrogen) atoms. The molecule has 0 unspecified atom stereocenters.